The van der Waals surface area contributed by atoms with Crippen LogP contribution < -0.4 is 0 Å². The van der Waals surface area contributed by atoms with Gasteiger partial charge < -0.3 is 5.11 Å². The molecule has 0 unspecified atom stereocenters. The standard InChI is InChI=1S/C21H32O/c1-2-3-4-5-6-7-8-9-10-11-12-13-14-16-20-17-15-18-21(22)19-20/h4-5,10-11,15,17-19,22H,2-3,6-9,12-14,16H2,1H3/b5-4+,11-10+. The largest absolute Gasteiger partial charge is 0.508 e. The van der Waals surface area contributed by atoms with E-state index in [0.717, 1.165) is 6.42 Å². The average molecular weight is 300 g/mol. The molecule has 0 heterocycles. The van der Waals surface area contributed by atoms with Gasteiger partial charge in [0.25, 0.3) is 0 Å². The first-order valence-electron chi connectivity index (χ1n) is 8.91. The van der Waals surface area contributed by atoms with E-state index in [1.54, 1.807) is 6.07 Å². The molecule has 0 aliphatic heterocycles. The zero-order chi connectivity index (χ0) is 15.9. The highest BCUT2D eigenvalue weighted by Gasteiger charge is 1.94. The van der Waals surface area contributed by atoms with Crippen molar-refractivity contribution in [1.29, 1.82) is 0 Å². The summed E-state index contributed by atoms with van der Waals surface area (Å²) in [7, 11) is 0. The number of rotatable bonds is 12. The number of phenolic OH excluding ortho intramolecular Hbond substituents is 1. The van der Waals surface area contributed by atoms with Crippen LogP contribution in [-0.2, 0) is 6.42 Å². The molecular formula is C21H32O. The Balaban J connectivity index is 1.92. The Bertz CT molecular complexity index is 431. The van der Waals surface area contributed by atoms with Crippen molar-refractivity contribution in [3.8, 4) is 5.75 Å². The van der Waals surface area contributed by atoms with Gasteiger partial charge in [-0.25, -0.2) is 0 Å². The zero-order valence-corrected chi connectivity index (χ0v) is 14.1. The quantitative estimate of drug-likeness (QED) is 0.341. The second kappa shape index (κ2) is 13.2. The summed E-state index contributed by atoms with van der Waals surface area (Å²) < 4.78 is 0. The van der Waals surface area contributed by atoms with E-state index in [-0.39, 0.29) is 0 Å². The molecule has 1 heteroatoms. The molecule has 0 aliphatic rings. The lowest BCUT2D eigenvalue weighted by Crippen LogP contribution is -1.84. The van der Waals surface area contributed by atoms with Gasteiger partial charge in [-0.3, -0.25) is 0 Å². The van der Waals surface area contributed by atoms with Crippen molar-refractivity contribution in [1.82, 2.24) is 0 Å². The highest BCUT2D eigenvalue weighted by atomic mass is 16.3. The minimum Gasteiger partial charge on any atom is -0.508 e. The van der Waals surface area contributed by atoms with Crippen LogP contribution in [0.25, 0.3) is 0 Å². The number of hydrogen-bond acceptors (Lipinski definition) is 1. The molecule has 122 valence electrons. The molecule has 1 aromatic carbocycles. The van der Waals surface area contributed by atoms with E-state index in [0.29, 0.717) is 5.75 Å². The number of aromatic hydroxyl groups is 1. The van der Waals surface area contributed by atoms with Gasteiger partial charge in [0.2, 0.25) is 0 Å². The Kier molecular flexibility index (Phi) is 11.1. The van der Waals surface area contributed by atoms with Gasteiger partial charge in [0.15, 0.2) is 0 Å². The SMILES string of the molecule is CCC/C=C/CCCC/C=C/CCCCc1cccc(O)c1. The van der Waals surface area contributed by atoms with Gasteiger partial charge in [-0.2, -0.15) is 0 Å². The summed E-state index contributed by atoms with van der Waals surface area (Å²) in [5.74, 6) is 0.377. The second-order valence-corrected chi connectivity index (χ2v) is 5.93. The first-order chi connectivity index (χ1) is 10.8. The van der Waals surface area contributed by atoms with Crippen LogP contribution in [0.3, 0.4) is 0 Å². The third-order valence-corrected chi connectivity index (χ3v) is 3.78. The number of allylic oxidation sites excluding steroid dienone is 4. The first kappa shape index (κ1) is 18.5. The fourth-order valence-electron chi connectivity index (χ4n) is 2.47. The Hall–Kier alpha value is -1.50. The van der Waals surface area contributed by atoms with E-state index in [1.165, 1.54) is 63.4 Å². The summed E-state index contributed by atoms with van der Waals surface area (Å²) in [5, 5.41) is 9.40. The van der Waals surface area contributed by atoms with Crippen LogP contribution in [0.1, 0.15) is 70.3 Å². The van der Waals surface area contributed by atoms with E-state index in [2.05, 4.69) is 37.3 Å². The third kappa shape index (κ3) is 10.3. The lowest BCUT2D eigenvalue weighted by atomic mass is 10.1. The van der Waals surface area contributed by atoms with E-state index in [4.69, 9.17) is 0 Å². The number of aryl methyl sites for hydroxylation is 1. The van der Waals surface area contributed by atoms with Crippen molar-refractivity contribution < 1.29 is 5.11 Å². The summed E-state index contributed by atoms with van der Waals surface area (Å²) >= 11 is 0. The molecule has 1 N–H and O–H groups in total. The van der Waals surface area contributed by atoms with Gasteiger partial charge in [0.1, 0.15) is 5.75 Å². The van der Waals surface area contributed by atoms with Gasteiger partial charge >= 0.3 is 0 Å². The summed E-state index contributed by atoms with van der Waals surface area (Å²) in [6.45, 7) is 2.22. The minimum atomic E-state index is 0.377. The van der Waals surface area contributed by atoms with Crippen LogP contribution >= 0.6 is 0 Å². The van der Waals surface area contributed by atoms with Crippen LogP contribution in [0.2, 0.25) is 0 Å². The van der Waals surface area contributed by atoms with E-state index >= 15 is 0 Å². The maximum absolute atomic E-state index is 9.40. The van der Waals surface area contributed by atoms with Gasteiger partial charge in [-0.05, 0) is 75.5 Å². The predicted molar refractivity (Wildman–Crippen MR) is 97.3 cm³/mol. The average Bonchev–Trinajstić information content (AvgIpc) is 2.52. The van der Waals surface area contributed by atoms with Crippen molar-refractivity contribution in [2.24, 2.45) is 0 Å². The summed E-state index contributed by atoms with van der Waals surface area (Å²) in [6.07, 6.45) is 21.5. The number of phenols is 1. The summed E-state index contributed by atoms with van der Waals surface area (Å²) in [5.41, 5.74) is 1.24. The lowest BCUT2D eigenvalue weighted by molar-refractivity contribution is 0.474. The van der Waals surface area contributed by atoms with Crippen molar-refractivity contribution in [3.63, 3.8) is 0 Å². The van der Waals surface area contributed by atoms with Crippen LogP contribution in [0, 0.1) is 0 Å². The molecule has 1 nitrogen and oxygen atoms in total. The van der Waals surface area contributed by atoms with E-state index in [1.807, 2.05) is 12.1 Å². The Morgan fingerprint density at radius 2 is 1.41 bits per heavy atom. The van der Waals surface area contributed by atoms with Crippen LogP contribution in [0.4, 0.5) is 0 Å². The molecule has 22 heavy (non-hydrogen) atoms. The third-order valence-electron chi connectivity index (χ3n) is 3.78. The monoisotopic (exact) mass is 300 g/mol. The number of hydrogen-bond donors (Lipinski definition) is 1. The Morgan fingerprint density at radius 3 is 2.00 bits per heavy atom. The number of unbranched alkanes of at least 4 members (excludes halogenated alkanes) is 6. The van der Waals surface area contributed by atoms with Crippen LogP contribution in [0.5, 0.6) is 5.75 Å². The van der Waals surface area contributed by atoms with Crippen LogP contribution in [0.15, 0.2) is 48.6 Å². The first-order valence-corrected chi connectivity index (χ1v) is 8.91. The molecular weight excluding hydrogens is 268 g/mol. The second-order valence-electron chi connectivity index (χ2n) is 5.93. The predicted octanol–water partition coefficient (Wildman–Crippen LogP) is 6.58. The van der Waals surface area contributed by atoms with Crippen molar-refractivity contribution >= 4 is 0 Å². The maximum atomic E-state index is 9.40. The highest BCUT2D eigenvalue weighted by Crippen LogP contribution is 2.13. The molecule has 0 amide bonds. The smallest absolute Gasteiger partial charge is 0.115 e. The van der Waals surface area contributed by atoms with E-state index in [9.17, 15) is 5.11 Å². The van der Waals surface area contributed by atoms with Gasteiger partial charge in [0, 0.05) is 0 Å². The molecule has 0 aromatic heterocycles. The van der Waals surface area contributed by atoms with Crippen molar-refractivity contribution in [2.45, 2.75) is 71.1 Å². The minimum absolute atomic E-state index is 0.377. The fraction of sp³-hybridized carbons (Fsp3) is 0.524. The van der Waals surface area contributed by atoms with Crippen LogP contribution in [-0.4, -0.2) is 5.11 Å². The number of benzene rings is 1. The topological polar surface area (TPSA) is 20.2 Å². The lowest BCUT2D eigenvalue weighted by Gasteiger charge is -2.01. The van der Waals surface area contributed by atoms with Gasteiger partial charge in [0.05, 0.1) is 0 Å². The zero-order valence-electron chi connectivity index (χ0n) is 14.1. The summed E-state index contributed by atoms with van der Waals surface area (Å²) in [6, 6.07) is 7.60. The van der Waals surface area contributed by atoms with E-state index < -0.39 is 0 Å². The maximum Gasteiger partial charge on any atom is 0.115 e. The molecule has 0 aliphatic carbocycles. The Labute approximate surface area is 136 Å². The molecule has 0 fully saturated rings. The molecule has 0 bridgehead atoms. The molecule has 0 saturated heterocycles. The van der Waals surface area contributed by atoms with Crippen molar-refractivity contribution in [3.05, 3.63) is 54.1 Å². The molecule has 1 aromatic rings. The highest BCUT2D eigenvalue weighted by molar-refractivity contribution is 5.27. The van der Waals surface area contributed by atoms with Gasteiger partial charge in [-0.1, -0.05) is 49.8 Å². The normalized spacial score (nSPS) is 11.7. The fourth-order valence-corrected chi connectivity index (χ4v) is 2.47. The molecule has 0 spiro atoms. The Morgan fingerprint density at radius 1 is 0.818 bits per heavy atom. The molecule has 0 saturated carbocycles. The molecule has 1 rings (SSSR count). The summed E-state index contributed by atoms with van der Waals surface area (Å²) in [4.78, 5) is 0. The van der Waals surface area contributed by atoms with Crippen molar-refractivity contribution in [2.75, 3.05) is 0 Å². The molecule has 0 radical (unpaired) electrons. The van der Waals surface area contributed by atoms with Gasteiger partial charge in [-0.15, -0.1) is 0 Å². The molecule has 0 atom stereocenters.